The van der Waals surface area contributed by atoms with E-state index in [4.69, 9.17) is 0 Å². The van der Waals surface area contributed by atoms with Crippen molar-refractivity contribution in [3.05, 3.63) is 240 Å². The molecule has 1 aliphatic carbocycles. The largest absolute Gasteiger partial charge is 0.376 e. The summed E-state index contributed by atoms with van der Waals surface area (Å²) in [6, 6.07) is 79.9. The summed E-state index contributed by atoms with van der Waals surface area (Å²) in [5.41, 5.74) is 27.2. The van der Waals surface area contributed by atoms with Gasteiger partial charge in [0, 0.05) is 66.1 Å². The fraction of sp³-hybridized carbons (Fsp3) is 0.241. The molecule has 14 rings (SSSR count). The standard InChI is InChI=1S/C79H76BN3S/c1-75(2,3)50-28-35-54(36-29-50)81(55-37-30-51(31-38-55)76(4,5)6)57-41-45-68-62(47-57)63-48-64-59-25-19-21-27-69(59)84-74(64)73-71(63)80(83(68)56-39-32-52(33-40-56)77(7,8)9)66-43-42-60-58-24-18-20-26-65(58)79(13,14)70(60)72(66)82(73)67-44-34-53(78(10,11)12)46-61(67)49-22-16-15-17-23-49/h15-48H,1-14H3. The number of anilines is 8. The average molecular weight is 1110 g/mol. The predicted octanol–water partition coefficient (Wildman–Crippen LogP) is 21.4. The van der Waals surface area contributed by atoms with Gasteiger partial charge in [-0.1, -0.05) is 224 Å². The maximum absolute atomic E-state index is 2.78. The Morgan fingerprint density at radius 3 is 1.60 bits per heavy atom. The molecule has 0 N–H and O–H groups in total. The van der Waals surface area contributed by atoms with E-state index in [1.54, 1.807) is 0 Å². The maximum Gasteiger partial charge on any atom is 0.333 e. The Bertz CT molecular complexity index is 4370. The van der Waals surface area contributed by atoms with Gasteiger partial charge in [0.05, 0.1) is 16.1 Å². The number of benzene rings is 10. The second kappa shape index (κ2) is 18.9. The number of thiophene rings is 1. The molecule has 0 spiro atoms. The lowest BCUT2D eigenvalue weighted by molar-refractivity contribution is 0.590. The van der Waals surface area contributed by atoms with Gasteiger partial charge in [0.15, 0.2) is 0 Å². The minimum Gasteiger partial charge on any atom is -0.376 e. The zero-order valence-corrected chi connectivity index (χ0v) is 52.3. The van der Waals surface area contributed by atoms with Crippen LogP contribution in [-0.4, -0.2) is 6.85 Å². The van der Waals surface area contributed by atoms with Gasteiger partial charge in [-0.15, -0.1) is 11.3 Å². The molecular formula is C79H76BN3S. The predicted molar refractivity (Wildman–Crippen MR) is 366 cm³/mol. The lowest BCUT2D eigenvalue weighted by Gasteiger charge is -2.48. The minimum atomic E-state index is -0.331. The van der Waals surface area contributed by atoms with Crippen LogP contribution in [0.25, 0.3) is 53.6 Å². The highest BCUT2D eigenvalue weighted by Crippen LogP contribution is 2.59. The molecule has 11 aromatic rings. The van der Waals surface area contributed by atoms with Gasteiger partial charge < -0.3 is 14.6 Å². The Hall–Kier alpha value is -8.12. The van der Waals surface area contributed by atoms with E-state index in [2.05, 4.69) is 318 Å². The zero-order valence-electron chi connectivity index (χ0n) is 51.5. The molecule has 416 valence electrons. The van der Waals surface area contributed by atoms with Crippen LogP contribution in [0.5, 0.6) is 0 Å². The maximum atomic E-state index is 2.78. The van der Waals surface area contributed by atoms with Crippen molar-refractivity contribution in [2.24, 2.45) is 0 Å². The molecule has 0 unspecified atom stereocenters. The summed E-state index contributed by atoms with van der Waals surface area (Å²) in [4.78, 5) is 7.97. The second-order valence-electron chi connectivity index (χ2n) is 28.6. The van der Waals surface area contributed by atoms with Gasteiger partial charge in [-0.3, -0.25) is 0 Å². The highest BCUT2D eigenvalue weighted by atomic mass is 32.1. The summed E-state index contributed by atoms with van der Waals surface area (Å²) in [6.07, 6.45) is 0. The minimum absolute atomic E-state index is 0.0149. The molecule has 1 aromatic heterocycles. The van der Waals surface area contributed by atoms with E-state index in [-0.39, 0.29) is 33.9 Å². The first-order valence-corrected chi connectivity index (χ1v) is 31.1. The van der Waals surface area contributed by atoms with Crippen LogP contribution in [0.1, 0.15) is 130 Å². The molecule has 3 aliphatic rings. The summed E-state index contributed by atoms with van der Waals surface area (Å²) < 4.78 is 2.59. The molecule has 0 radical (unpaired) electrons. The van der Waals surface area contributed by atoms with Crippen LogP contribution >= 0.6 is 11.3 Å². The van der Waals surface area contributed by atoms with Gasteiger partial charge in [0.1, 0.15) is 0 Å². The van der Waals surface area contributed by atoms with Crippen LogP contribution in [0, 0.1) is 0 Å². The molecular weight excluding hydrogens is 1030 g/mol. The zero-order chi connectivity index (χ0) is 58.6. The fourth-order valence-corrected chi connectivity index (χ4v) is 15.3. The van der Waals surface area contributed by atoms with Crippen molar-refractivity contribution in [2.45, 2.75) is 124 Å². The molecule has 10 aromatic carbocycles. The normalized spacial score (nSPS) is 14.3. The van der Waals surface area contributed by atoms with E-state index in [1.165, 1.54) is 126 Å². The summed E-state index contributed by atoms with van der Waals surface area (Å²) in [5, 5.41) is 2.57. The Morgan fingerprint density at radius 2 is 0.964 bits per heavy atom. The smallest absolute Gasteiger partial charge is 0.333 e. The third-order valence-corrected chi connectivity index (χ3v) is 19.8. The van der Waals surface area contributed by atoms with Crippen molar-refractivity contribution >= 4 is 94.8 Å². The van der Waals surface area contributed by atoms with Crippen molar-refractivity contribution in [2.75, 3.05) is 14.6 Å². The van der Waals surface area contributed by atoms with E-state index in [0.29, 0.717) is 0 Å². The highest BCUT2D eigenvalue weighted by Gasteiger charge is 2.51. The van der Waals surface area contributed by atoms with Crippen LogP contribution in [0.3, 0.4) is 0 Å². The number of nitrogens with zero attached hydrogens (tertiary/aromatic N) is 3. The second-order valence-corrected chi connectivity index (χ2v) is 29.7. The molecule has 0 amide bonds. The first-order chi connectivity index (χ1) is 40.0. The molecule has 5 heteroatoms. The Morgan fingerprint density at radius 1 is 0.417 bits per heavy atom. The molecule has 84 heavy (non-hydrogen) atoms. The van der Waals surface area contributed by atoms with E-state index in [1.807, 2.05) is 11.3 Å². The quantitative estimate of drug-likeness (QED) is 0.154. The topological polar surface area (TPSA) is 9.72 Å². The molecule has 0 fully saturated rings. The average Bonchev–Trinajstić information content (AvgIpc) is 1.20. The van der Waals surface area contributed by atoms with Crippen LogP contribution in [0.4, 0.5) is 45.5 Å². The monoisotopic (exact) mass is 1110 g/mol. The molecule has 3 nitrogen and oxygen atoms in total. The van der Waals surface area contributed by atoms with Crippen molar-refractivity contribution in [3.63, 3.8) is 0 Å². The van der Waals surface area contributed by atoms with Crippen LogP contribution in [-0.2, 0) is 27.1 Å². The SMILES string of the molecule is CC(C)(C)c1ccc(N2B3c4ccc5c(c4N(c4ccc(C(C)(C)C)cc4-c4ccccc4)c4c3c(cc3c4sc4ccccc43)-c3cc(N(c4ccc(C(C)(C)C)cc4)c4ccc(C(C)(C)C)cc4)ccc32)C(C)(C)c2ccccc2-5)cc1. The number of fused-ring (bicyclic) bond motifs is 12. The summed E-state index contributed by atoms with van der Waals surface area (Å²) in [7, 11) is 0. The molecule has 0 saturated carbocycles. The van der Waals surface area contributed by atoms with Gasteiger partial charge in [0.25, 0.3) is 0 Å². The van der Waals surface area contributed by atoms with Gasteiger partial charge in [0.2, 0.25) is 0 Å². The number of hydrogen-bond acceptors (Lipinski definition) is 4. The first kappa shape index (κ1) is 53.9. The van der Waals surface area contributed by atoms with Crippen LogP contribution in [0.15, 0.2) is 206 Å². The Labute approximate surface area is 503 Å². The van der Waals surface area contributed by atoms with E-state index < -0.39 is 0 Å². The highest BCUT2D eigenvalue weighted by molar-refractivity contribution is 7.26. The Kier molecular flexibility index (Phi) is 12.1. The molecule has 0 atom stereocenters. The van der Waals surface area contributed by atoms with E-state index >= 15 is 0 Å². The van der Waals surface area contributed by atoms with Crippen molar-refractivity contribution < 1.29 is 0 Å². The lowest BCUT2D eigenvalue weighted by atomic mass is 9.43. The molecule has 0 bridgehead atoms. The fourth-order valence-electron chi connectivity index (χ4n) is 14.0. The van der Waals surface area contributed by atoms with Gasteiger partial charge in [-0.2, -0.15) is 0 Å². The van der Waals surface area contributed by atoms with Crippen molar-refractivity contribution in [1.82, 2.24) is 0 Å². The third kappa shape index (κ3) is 8.50. The molecule has 2 aliphatic heterocycles. The first-order valence-electron chi connectivity index (χ1n) is 30.3. The lowest BCUT2D eigenvalue weighted by Crippen LogP contribution is -2.62. The van der Waals surface area contributed by atoms with E-state index in [0.717, 1.165) is 17.1 Å². The van der Waals surface area contributed by atoms with Crippen LogP contribution < -0.4 is 25.5 Å². The van der Waals surface area contributed by atoms with E-state index in [9.17, 15) is 0 Å². The van der Waals surface area contributed by atoms with Crippen LogP contribution in [0.2, 0.25) is 0 Å². The van der Waals surface area contributed by atoms with Crippen molar-refractivity contribution in [1.29, 1.82) is 0 Å². The summed E-state index contributed by atoms with van der Waals surface area (Å²) in [6.45, 7) is 32.5. The molecule has 3 heterocycles. The molecule has 0 saturated heterocycles. The van der Waals surface area contributed by atoms with Gasteiger partial charge in [-0.05, 0) is 167 Å². The summed E-state index contributed by atoms with van der Waals surface area (Å²) in [5.74, 6) is 0. The van der Waals surface area contributed by atoms with Gasteiger partial charge >= 0.3 is 6.85 Å². The summed E-state index contributed by atoms with van der Waals surface area (Å²) >= 11 is 1.95. The van der Waals surface area contributed by atoms with Crippen molar-refractivity contribution in [3.8, 4) is 33.4 Å². The Balaban J connectivity index is 1.13. The van der Waals surface area contributed by atoms with Gasteiger partial charge in [-0.25, -0.2) is 0 Å². The third-order valence-electron chi connectivity index (χ3n) is 18.7. The number of rotatable bonds is 6. The number of hydrogen-bond donors (Lipinski definition) is 0.